The number of aryl methyl sites for hydroxylation is 1. The van der Waals surface area contributed by atoms with Gasteiger partial charge in [-0.05, 0) is 56.3 Å². The largest absolute Gasteiger partial charge is 0.344 e. The maximum atomic E-state index is 12.9. The molecule has 1 aliphatic heterocycles. The molecule has 9 heteroatoms. The summed E-state index contributed by atoms with van der Waals surface area (Å²) in [6.45, 7) is 4.08. The van der Waals surface area contributed by atoms with Crippen LogP contribution in [0.3, 0.4) is 0 Å². The van der Waals surface area contributed by atoms with E-state index in [4.69, 9.17) is 12.2 Å². The summed E-state index contributed by atoms with van der Waals surface area (Å²) in [4.78, 5) is 38.1. The highest BCUT2D eigenvalue weighted by Gasteiger charge is 2.52. The number of benzene rings is 1. The lowest BCUT2D eigenvalue weighted by Gasteiger charge is -2.33. The molecule has 1 aromatic heterocycles. The first-order valence-electron chi connectivity index (χ1n) is 10.0. The Morgan fingerprint density at radius 1 is 1.27 bits per heavy atom. The molecule has 4 rings (SSSR count). The molecule has 2 fully saturated rings. The van der Waals surface area contributed by atoms with Crippen molar-refractivity contribution in [3.8, 4) is 11.3 Å². The number of nitrogens with zero attached hydrogens (tertiary/aromatic N) is 2. The van der Waals surface area contributed by atoms with Crippen molar-refractivity contribution in [1.29, 1.82) is 0 Å². The average Bonchev–Trinajstić information content (AvgIpc) is 3.18. The number of imide groups is 1. The van der Waals surface area contributed by atoms with Crippen LogP contribution in [0.25, 0.3) is 11.3 Å². The molecule has 0 unspecified atom stereocenters. The number of carbonyl (C=O) groups excluding carboxylic acids is 3. The summed E-state index contributed by atoms with van der Waals surface area (Å²) < 4.78 is 2.27. The van der Waals surface area contributed by atoms with E-state index in [0.717, 1.165) is 34.7 Å². The van der Waals surface area contributed by atoms with Crippen LogP contribution < -0.4 is 10.7 Å². The number of thiazole rings is 1. The summed E-state index contributed by atoms with van der Waals surface area (Å²) in [5, 5.41) is 5.55. The summed E-state index contributed by atoms with van der Waals surface area (Å²) in [6, 6.07) is 7.38. The van der Waals surface area contributed by atoms with Crippen LogP contribution in [0, 0.1) is 16.8 Å². The van der Waals surface area contributed by atoms with Gasteiger partial charge in [0, 0.05) is 5.38 Å². The minimum atomic E-state index is -0.886. The van der Waals surface area contributed by atoms with E-state index < -0.39 is 17.5 Å². The molecule has 1 saturated carbocycles. The lowest BCUT2D eigenvalue weighted by Crippen LogP contribution is -2.52. The van der Waals surface area contributed by atoms with Gasteiger partial charge in [-0.25, -0.2) is 4.79 Å². The number of amides is 4. The van der Waals surface area contributed by atoms with Crippen molar-refractivity contribution >= 4 is 41.4 Å². The summed E-state index contributed by atoms with van der Waals surface area (Å²) in [7, 11) is 0. The van der Waals surface area contributed by atoms with E-state index in [1.165, 1.54) is 11.3 Å². The Hall–Kier alpha value is -2.52. The third kappa shape index (κ3) is 3.79. The zero-order valence-corrected chi connectivity index (χ0v) is 18.6. The number of carbonyl (C=O) groups is 3. The van der Waals surface area contributed by atoms with E-state index in [1.54, 1.807) is 4.57 Å². The number of rotatable bonds is 4. The first-order chi connectivity index (χ1) is 14.3. The number of nitrogens with one attached hydrogen (secondary N) is 2. The van der Waals surface area contributed by atoms with E-state index in [9.17, 15) is 14.4 Å². The minimum Gasteiger partial charge on any atom is -0.322 e. The van der Waals surface area contributed by atoms with Gasteiger partial charge in [0.05, 0.1) is 5.69 Å². The zero-order chi connectivity index (χ0) is 21.5. The summed E-state index contributed by atoms with van der Waals surface area (Å²) in [5.74, 6) is -0.312. The topological polar surface area (TPSA) is 83.4 Å². The third-order valence-corrected chi connectivity index (χ3v) is 7.23. The molecule has 2 N–H and O–H groups in total. The fourth-order valence-electron chi connectivity index (χ4n) is 4.05. The van der Waals surface area contributed by atoms with Crippen LogP contribution in [0.4, 0.5) is 4.79 Å². The molecular formula is C21H24N4O3S2. The molecule has 0 radical (unpaired) electrons. The van der Waals surface area contributed by atoms with E-state index in [-0.39, 0.29) is 12.5 Å². The monoisotopic (exact) mass is 444 g/mol. The van der Waals surface area contributed by atoms with Crippen molar-refractivity contribution in [3.05, 3.63) is 39.2 Å². The van der Waals surface area contributed by atoms with Crippen LogP contribution in [0.1, 0.15) is 38.2 Å². The molecule has 2 aromatic rings. The fourth-order valence-corrected chi connectivity index (χ4v) is 5.12. The van der Waals surface area contributed by atoms with Gasteiger partial charge >= 0.3 is 6.03 Å². The highest BCUT2D eigenvalue weighted by Crippen LogP contribution is 2.35. The predicted molar refractivity (Wildman–Crippen MR) is 117 cm³/mol. The third-order valence-electron chi connectivity index (χ3n) is 5.96. The lowest BCUT2D eigenvalue weighted by molar-refractivity contribution is -0.140. The van der Waals surface area contributed by atoms with Gasteiger partial charge in [-0.15, -0.1) is 11.3 Å². The van der Waals surface area contributed by atoms with Crippen molar-refractivity contribution in [1.82, 2.24) is 20.3 Å². The van der Waals surface area contributed by atoms with Gasteiger partial charge in [0.2, 0.25) is 0 Å². The SMILES string of the molecule is Cc1ccc(-c2csc(=S)n2CC(=O)NN2C(=O)NC3(CCC(C)CC3)C2=O)cc1. The Balaban J connectivity index is 1.49. The molecule has 4 amide bonds. The second-order valence-corrected chi connectivity index (χ2v) is 9.71. The molecule has 2 heterocycles. The smallest absolute Gasteiger partial charge is 0.322 e. The molecule has 1 spiro atoms. The number of hydrogen-bond acceptors (Lipinski definition) is 5. The molecule has 1 aromatic carbocycles. The van der Waals surface area contributed by atoms with Gasteiger partial charge in [-0.2, -0.15) is 5.01 Å². The molecule has 1 saturated heterocycles. The molecular weight excluding hydrogens is 420 g/mol. The molecule has 0 atom stereocenters. The molecule has 30 heavy (non-hydrogen) atoms. The van der Waals surface area contributed by atoms with Crippen molar-refractivity contribution in [3.63, 3.8) is 0 Å². The number of hydrazine groups is 1. The Bertz CT molecular complexity index is 1050. The van der Waals surface area contributed by atoms with Crippen molar-refractivity contribution in [2.45, 2.75) is 51.6 Å². The fraction of sp³-hybridized carbons (Fsp3) is 0.429. The van der Waals surface area contributed by atoms with Gasteiger partial charge < -0.3 is 9.88 Å². The zero-order valence-electron chi connectivity index (χ0n) is 16.9. The van der Waals surface area contributed by atoms with Crippen molar-refractivity contribution < 1.29 is 14.4 Å². The Morgan fingerprint density at radius 2 is 1.93 bits per heavy atom. The minimum absolute atomic E-state index is 0.0767. The van der Waals surface area contributed by atoms with Gasteiger partial charge in [0.1, 0.15) is 12.1 Å². The Morgan fingerprint density at radius 3 is 2.60 bits per heavy atom. The summed E-state index contributed by atoms with van der Waals surface area (Å²) in [5.41, 5.74) is 4.52. The molecule has 0 bridgehead atoms. The lowest BCUT2D eigenvalue weighted by atomic mass is 9.77. The second-order valence-electron chi connectivity index (χ2n) is 8.21. The first kappa shape index (κ1) is 20.7. The summed E-state index contributed by atoms with van der Waals surface area (Å²) >= 11 is 6.77. The number of aromatic nitrogens is 1. The standard InChI is InChI=1S/C21H24N4O3S2/c1-13-3-5-15(6-4-13)16-12-30-20(29)24(16)11-17(26)23-25-18(27)21(22-19(25)28)9-7-14(2)8-10-21/h3-6,12,14H,7-11H2,1-2H3,(H,22,28)(H,23,26). The average molecular weight is 445 g/mol. The highest BCUT2D eigenvalue weighted by molar-refractivity contribution is 7.73. The van der Waals surface area contributed by atoms with Crippen molar-refractivity contribution in [2.75, 3.05) is 0 Å². The molecule has 158 valence electrons. The normalized spacial score (nSPS) is 23.7. The van der Waals surface area contributed by atoms with Gasteiger partial charge in [-0.3, -0.25) is 15.0 Å². The summed E-state index contributed by atoms with van der Waals surface area (Å²) in [6.07, 6.45) is 2.94. The number of hydrogen-bond donors (Lipinski definition) is 2. The molecule has 1 aliphatic carbocycles. The van der Waals surface area contributed by atoms with E-state index in [2.05, 4.69) is 17.7 Å². The van der Waals surface area contributed by atoms with Gasteiger partial charge in [0.25, 0.3) is 11.8 Å². The van der Waals surface area contributed by atoms with Crippen LogP contribution in [-0.2, 0) is 16.1 Å². The van der Waals surface area contributed by atoms with Crippen LogP contribution >= 0.6 is 23.6 Å². The first-order valence-corrected chi connectivity index (χ1v) is 11.3. The second kappa shape index (κ2) is 7.96. The quantitative estimate of drug-likeness (QED) is 0.555. The van der Waals surface area contributed by atoms with Crippen LogP contribution in [0.5, 0.6) is 0 Å². The van der Waals surface area contributed by atoms with Crippen LogP contribution in [0.15, 0.2) is 29.6 Å². The van der Waals surface area contributed by atoms with Crippen molar-refractivity contribution in [2.24, 2.45) is 5.92 Å². The Kier molecular flexibility index (Phi) is 5.50. The van der Waals surface area contributed by atoms with E-state index in [0.29, 0.717) is 22.7 Å². The number of urea groups is 1. The maximum absolute atomic E-state index is 12.9. The maximum Gasteiger partial charge on any atom is 0.344 e. The highest BCUT2D eigenvalue weighted by atomic mass is 32.1. The van der Waals surface area contributed by atoms with Gasteiger partial charge in [0.15, 0.2) is 3.95 Å². The predicted octanol–water partition coefficient (Wildman–Crippen LogP) is 3.79. The van der Waals surface area contributed by atoms with E-state index >= 15 is 0 Å². The van der Waals surface area contributed by atoms with Crippen LogP contribution in [-0.4, -0.2) is 33.0 Å². The molecule has 2 aliphatic rings. The van der Waals surface area contributed by atoms with E-state index in [1.807, 2.05) is 36.6 Å². The molecule has 7 nitrogen and oxygen atoms in total. The van der Waals surface area contributed by atoms with Crippen LogP contribution in [0.2, 0.25) is 0 Å². The van der Waals surface area contributed by atoms with Gasteiger partial charge in [-0.1, -0.05) is 36.8 Å². The Labute approximate surface area is 184 Å².